The molecule has 1 aromatic rings. The normalized spacial score (nSPS) is 18.8. The quantitative estimate of drug-likeness (QED) is 0.866. The highest BCUT2D eigenvalue weighted by molar-refractivity contribution is 9.10. The van der Waals surface area contributed by atoms with Crippen molar-refractivity contribution in [3.05, 3.63) is 28.2 Å². The van der Waals surface area contributed by atoms with Gasteiger partial charge in [0.1, 0.15) is 0 Å². The first-order valence-electron chi connectivity index (χ1n) is 7.20. The second kappa shape index (κ2) is 7.09. The lowest BCUT2D eigenvalue weighted by atomic mass is 10.0. The molecule has 1 fully saturated rings. The van der Waals surface area contributed by atoms with E-state index in [4.69, 9.17) is 5.73 Å². The van der Waals surface area contributed by atoms with Gasteiger partial charge in [-0.15, -0.1) is 0 Å². The van der Waals surface area contributed by atoms with Crippen molar-refractivity contribution >= 4 is 27.5 Å². The van der Waals surface area contributed by atoms with Crippen molar-refractivity contribution in [2.75, 3.05) is 24.5 Å². The number of nitrogens with zero attached hydrogens (tertiary/aromatic N) is 1. The standard InChI is InChI=1S/C15H22BrN3O/c1-2-8-19(12-4-3-7-18-10-12)11-5-6-13(15(17)20)14(16)9-11/h5-6,9,12,18H,2-4,7-8,10H2,1H3,(H2,17,20). The van der Waals surface area contributed by atoms with E-state index in [9.17, 15) is 4.79 Å². The predicted octanol–water partition coefficient (Wildman–Crippen LogP) is 2.52. The Morgan fingerprint density at radius 2 is 2.35 bits per heavy atom. The summed E-state index contributed by atoms with van der Waals surface area (Å²) in [4.78, 5) is 13.7. The molecule has 0 aliphatic carbocycles. The second-order valence-corrected chi connectivity index (χ2v) is 6.08. The third-order valence-electron chi connectivity index (χ3n) is 3.73. The minimum atomic E-state index is -0.398. The summed E-state index contributed by atoms with van der Waals surface area (Å²) in [5.74, 6) is -0.398. The number of rotatable bonds is 5. The highest BCUT2D eigenvalue weighted by Gasteiger charge is 2.21. The van der Waals surface area contributed by atoms with Crippen LogP contribution in [0.25, 0.3) is 0 Å². The van der Waals surface area contributed by atoms with Crippen LogP contribution >= 0.6 is 15.9 Å². The number of carbonyl (C=O) groups is 1. The SMILES string of the molecule is CCCN(c1ccc(C(N)=O)c(Br)c1)C1CCCNC1. The van der Waals surface area contributed by atoms with Crippen LogP contribution in [0, 0.1) is 0 Å². The molecule has 3 N–H and O–H groups in total. The van der Waals surface area contributed by atoms with Crippen LogP contribution in [0.2, 0.25) is 0 Å². The zero-order valence-electron chi connectivity index (χ0n) is 11.9. The maximum absolute atomic E-state index is 11.3. The summed E-state index contributed by atoms with van der Waals surface area (Å²) in [5.41, 5.74) is 7.03. The van der Waals surface area contributed by atoms with Crippen LogP contribution < -0.4 is 16.0 Å². The van der Waals surface area contributed by atoms with E-state index in [0.29, 0.717) is 11.6 Å². The molecular weight excluding hydrogens is 318 g/mol. The number of anilines is 1. The van der Waals surface area contributed by atoms with Crippen molar-refractivity contribution < 1.29 is 4.79 Å². The van der Waals surface area contributed by atoms with E-state index in [2.05, 4.69) is 33.1 Å². The van der Waals surface area contributed by atoms with Gasteiger partial charge >= 0.3 is 0 Å². The Hall–Kier alpha value is -1.07. The third-order valence-corrected chi connectivity index (χ3v) is 4.38. The lowest BCUT2D eigenvalue weighted by Gasteiger charge is -2.36. The second-order valence-electron chi connectivity index (χ2n) is 5.22. The highest BCUT2D eigenvalue weighted by Crippen LogP contribution is 2.27. The molecule has 1 heterocycles. The summed E-state index contributed by atoms with van der Waals surface area (Å²) < 4.78 is 0.771. The zero-order chi connectivity index (χ0) is 14.5. The Labute approximate surface area is 128 Å². The van der Waals surface area contributed by atoms with Gasteiger partial charge in [0.15, 0.2) is 0 Å². The van der Waals surface area contributed by atoms with Crippen molar-refractivity contribution in [3.8, 4) is 0 Å². The van der Waals surface area contributed by atoms with Gasteiger partial charge < -0.3 is 16.0 Å². The molecule has 1 aliphatic heterocycles. The molecule has 1 amide bonds. The van der Waals surface area contributed by atoms with Crippen LogP contribution in [-0.4, -0.2) is 31.6 Å². The summed E-state index contributed by atoms with van der Waals surface area (Å²) in [5, 5.41) is 3.46. The summed E-state index contributed by atoms with van der Waals surface area (Å²) in [6.07, 6.45) is 3.53. The first-order valence-corrected chi connectivity index (χ1v) is 7.99. The molecule has 1 atom stereocenters. The summed E-state index contributed by atoms with van der Waals surface area (Å²) >= 11 is 3.45. The molecule has 0 radical (unpaired) electrons. The fraction of sp³-hybridized carbons (Fsp3) is 0.533. The third kappa shape index (κ3) is 3.52. The number of nitrogens with two attached hydrogens (primary N) is 1. The average molecular weight is 340 g/mol. The molecular formula is C15H22BrN3O. The van der Waals surface area contributed by atoms with E-state index >= 15 is 0 Å². The van der Waals surface area contributed by atoms with Gasteiger partial charge in [-0.25, -0.2) is 0 Å². The van der Waals surface area contributed by atoms with Crippen molar-refractivity contribution in [1.82, 2.24) is 5.32 Å². The summed E-state index contributed by atoms with van der Waals surface area (Å²) in [6.45, 7) is 5.35. The lowest BCUT2D eigenvalue weighted by molar-refractivity contribution is 0.0999. The van der Waals surface area contributed by atoms with Crippen LogP contribution in [0.5, 0.6) is 0 Å². The van der Waals surface area contributed by atoms with Crippen LogP contribution in [-0.2, 0) is 0 Å². The molecule has 1 aromatic carbocycles. The summed E-state index contributed by atoms with van der Waals surface area (Å²) in [6, 6.07) is 6.33. The fourth-order valence-electron chi connectivity index (χ4n) is 2.75. The molecule has 110 valence electrons. The van der Waals surface area contributed by atoms with E-state index in [1.165, 1.54) is 12.8 Å². The number of hydrogen-bond donors (Lipinski definition) is 2. The van der Waals surface area contributed by atoms with E-state index in [1.54, 1.807) is 6.07 Å². The van der Waals surface area contributed by atoms with Gasteiger partial charge in [-0.1, -0.05) is 6.92 Å². The van der Waals surface area contributed by atoms with Gasteiger partial charge in [-0.2, -0.15) is 0 Å². The molecule has 1 aliphatic rings. The molecule has 2 rings (SSSR count). The zero-order valence-corrected chi connectivity index (χ0v) is 13.4. The number of nitrogens with one attached hydrogen (secondary N) is 1. The molecule has 0 saturated carbocycles. The largest absolute Gasteiger partial charge is 0.367 e. The minimum absolute atomic E-state index is 0.398. The molecule has 0 aromatic heterocycles. The Balaban J connectivity index is 2.24. The number of primary amides is 1. The van der Waals surface area contributed by atoms with Gasteiger partial charge in [0, 0.05) is 29.3 Å². The Morgan fingerprint density at radius 3 is 2.90 bits per heavy atom. The number of halogens is 1. The Morgan fingerprint density at radius 1 is 1.55 bits per heavy atom. The topological polar surface area (TPSA) is 58.4 Å². The number of amides is 1. The predicted molar refractivity (Wildman–Crippen MR) is 86.2 cm³/mol. The molecule has 0 spiro atoms. The number of hydrogen-bond acceptors (Lipinski definition) is 3. The van der Waals surface area contributed by atoms with Crippen LogP contribution in [0.15, 0.2) is 22.7 Å². The van der Waals surface area contributed by atoms with Crippen molar-refractivity contribution in [1.29, 1.82) is 0 Å². The van der Waals surface area contributed by atoms with Crippen LogP contribution in [0.4, 0.5) is 5.69 Å². The van der Waals surface area contributed by atoms with Crippen LogP contribution in [0.3, 0.4) is 0 Å². The number of carbonyl (C=O) groups excluding carboxylic acids is 1. The minimum Gasteiger partial charge on any atom is -0.367 e. The van der Waals surface area contributed by atoms with Gasteiger partial charge in [-0.05, 0) is 59.9 Å². The van der Waals surface area contributed by atoms with Gasteiger partial charge in [0.2, 0.25) is 5.91 Å². The van der Waals surface area contributed by atoms with Crippen molar-refractivity contribution in [2.24, 2.45) is 5.73 Å². The average Bonchev–Trinajstić information content (AvgIpc) is 2.45. The monoisotopic (exact) mass is 339 g/mol. The first kappa shape index (κ1) is 15.3. The van der Waals surface area contributed by atoms with E-state index in [-0.39, 0.29) is 0 Å². The Kier molecular flexibility index (Phi) is 5.43. The number of piperidine rings is 1. The Bertz CT molecular complexity index is 472. The lowest BCUT2D eigenvalue weighted by Crippen LogP contribution is -2.46. The van der Waals surface area contributed by atoms with E-state index < -0.39 is 5.91 Å². The smallest absolute Gasteiger partial charge is 0.249 e. The van der Waals surface area contributed by atoms with Crippen molar-refractivity contribution in [2.45, 2.75) is 32.2 Å². The van der Waals surface area contributed by atoms with E-state index in [0.717, 1.165) is 36.2 Å². The van der Waals surface area contributed by atoms with Gasteiger partial charge in [0.05, 0.1) is 5.56 Å². The van der Waals surface area contributed by atoms with Crippen molar-refractivity contribution in [3.63, 3.8) is 0 Å². The molecule has 4 nitrogen and oxygen atoms in total. The highest BCUT2D eigenvalue weighted by atomic mass is 79.9. The molecule has 5 heteroatoms. The maximum Gasteiger partial charge on any atom is 0.249 e. The molecule has 1 saturated heterocycles. The molecule has 0 bridgehead atoms. The van der Waals surface area contributed by atoms with Crippen LogP contribution in [0.1, 0.15) is 36.5 Å². The molecule has 20 heavy (non-hydrogen) atoms. The maximum atomic E-state index is 11.3. The summed E-state index contributed by atoms with van der Waals surface area (Å²) in [7, 11) is 0. The fourth-order valence-corrected chi connectivity index (χ4v) is 3.31. The van der Waals surface area contributed by atoms with Gasteiger partial charge in [-0.3, -0.25) is 4.79 Å². The number of benzene rings is 1. The van der Waals surface area contributed by atoms with E-state index in [1.807, 2.05) is 12.1 Å². The first-order chi connectivity index (χ1) is 9.63. The molecule has 1 unspecified atom stereocenters. The van der Waals surface area contributed by atoms with Gasteiger partial charge in [0.25, 0.3) is 0 Å².